The molecule has 0 N–H and O–H groups in total. The summed E-state index contributed by atoms with van der Waals surface area (Å²) in [7, 11) is -3.48. The maximum Gasteiger partial charge on any atom is 0.252 e. The molecule has 3 rings (SSSR count). The van der Waals surface area contributed by atoms with Gasteiger partial charge in [0.1, 0.15) is 10.3 Å². The van der Waals surface area contributed by atoms with Crippen molar-refractivity contribution in [2.75, 3.05) is 26.2 Å². The molecule has 1 aliphatic rings. The van der Waals surface area contributed by atoms with Crippen LogP contribution < -0.4 is 0 Å². The van der Waals surface area contributed by atoms with E-state index in [1.54, 1.807) is 27.1 Å². The number of sulfonamides is 1. The number of hydrogen-bond donors (Lipinski definition) is 0. The fraction of sp³-hybridized carbons (Fsp3) is 0.529. The lowest BCUT2D eigenvalue weighted by molar-refractivity contribution is -0.136. The number of aryl methyl sites for hydroxylation is 1. The Labute approximate surface area is 168 Å². The fourth-order valence-electron chi connectivity index (χ4n) is 3.30. The van der Waals surface area contributed by atoms with Gasteiger partial charge in [0.25, 0.3) is 10.0 Å². The minimum Gasteiger partial charge on any atom is -0.338 e. The molecule has 2 aromatic heterocycles. The molecule has 3 heterocycles. The summed E-state index contributed by atoms with van der Waals surface area (Å²) in [5.41, 5.74) is 1.47. The number of rotatable bonds is 5. The van der Waals surface area contributed by atoms with E-state index in [-0.39, 0.29) is 5.91 Å². The Morgan fingerprint density at radius 1 is 1.30 bits per heavy atom. The molecule has 0 aliphatic carbocycles. The van der Waals surface area contributed by atoms with Crippen molar-refractivity contribution >= 4 is 38.9 Å². The van der Waals surface area contributed by atoms with E-state index in [0.29, 0.717) is 47.5 Å². The van der Waals surface area contributed by atoms with Gasteiger partial charge >= 0.3 is 0 Å². The van der Waals surface area contributed by atoms with Crippen molar-refractivity contribution < 1.29 is 13.2 Å². The second-order valence-corrected chi connectivity index (χ2v) is 10.0. The first-order valence-corrected chi connectivity index (χ1v) is 11.5. The van der Waals surface area contributed by atoms with E-state index in [4.69, 9.17) is 11.6 Å². The van der Waals surface area contributed by atoms with Crippen LogP contribution in [0.3, 0.4) is 0 Å². The molecular formula is C17H23ClN4O3S2. The van der Waals surface area contributed by atoms with Gasteiger partial charge in [0.05, 0.1) is 16.4 Å². The van der Waals surface area contributed by atoms with Crippen molar-refractivity contribution in [1.82, 2.24) is 19.0 Å². The molecule has 1 aliphatic heterocycles. The van der Waals surface area contributed by atoms with Crippen molar-refractivity contribution in [3.05, 3.63) is 33.9 Å². The molecule has 1 atom stereocenters. The van der Waals surface area contributed by atoms with Crippen LogP contribution in [0, 0.1) is 13.8 Å². The highest BCUT2D eigenvalue weighted by atomic mass is 35.5. The summed E-state index contributed by atoms with van der Waals surface area (Å²) >= 11 is 7.43. The molecule has 0 aromatic carbocycles. The van der Waals surface area contributed by atoms with Gasteiger partial charge in [-0.2, -0.15) is 9.40 Å². The van der Waals surface area contributed by atoms with E-state index < -0.39 is 16.1 Å². The maximum absolute atomic E-state index is 13.0. The van der Waals surface area contributed by atoms with Gasteiger partial charge < -0.3 is 4.90 Å². The number of hydrogen-bond acceptors (Lipinski definition) is 5. The average Bonchev–Trinajstić information content (AvgIpc) is 3.29. The molecule has 1 unspecified atom stereocenters. The van der Waals surface area contributed by atoms with Crippen molar-refractivity contribution in [2.45, 2.75) is 37.4 Å². The summed E-state index contributed by atoms with van der Waals surface area (Å²) in [6.07, 6.45) is 0.588. The molecule has 1 amide bonds. The lowest BCUT2D eigenvalue weighted by Gasteiger charge is -2.35. The Kier molecular flexibility index (Phi) is 5.95. The molecule has 10 heteroatoms. The van der Waals surface area contributed by atoms with Crippen LogP contribution in [0.1, 0.15) is 30.8 Å². The fourth-order valence-corrected chi connectivity index (χ4v) is 5.99. The highest BCUT2D eigenvalue weighted by Gasteiger charge is 2.34. The van der Waals surface area contributed by atoms with Crippen LogP contribution in [0.25, 0.3) is 0 Å². The topological polar surface area (TPSA) is 75.5 Å². The zero-order valence-corrected chi connectivity index (χ0v) is 17.9. The van der Waals surface area contributed by atoms with Crippen molar-refractivity contribution in [2.24, 2.45) is 0 Å². The lowest BCUT2D eigenvalue weighted by atomic mass is 10.1. The summed E-state index contributed by atoms with van der Waals surface area (Å²) in [4.78, 5) is 14.8. The first-order chi connectivity index (χ1) is 12.8. The smallest absolute Gasteiger partial charge is 0.252 e. The second-order valence-electron chi connectivity index (χ2n) is 6.51. The first kappa shape index (κ1) is 20.3. The van der Waals surface area contributed by atoms with Crippen LogP contribution >= 0.6 is 22.9 Å². The Balaban J connectivity index is 1.71. The van der Waals surface area contributed by atoms with Gasteiger partial charge in [-0.25, -0.2) is 8.42 Å². The van der Waals surface area contributed by atoms with Crippen molar-refractivity contribution in [1.29, 1.82) is 0 Å². The van der Waals surface area contributed by atoms with Crippen LogP contribution in [0.15, 0.2) is 21.7 Å². The van der Waals surface area contributed by atoms with Gasteiger partial charge in [-0.3, -0.25) is 9.48 Å². The maximum atomic E-state index is 13.0. The number of carbonyl (C=O) groups excluding carboxylic acids is 1. The van der Waals surface area contributed by atoms with Crippen LogP contribution in [0.5, 0.6) is 0 Å². The van der Waals surface area contributed by atoms with Gasteiger partial charge in [0, 0.05) is 26.2 Å². The molecule has 7 nitrogen and oxygen atoms in total. The summed E-state index contributed by atoms with van der Waals surface area (Å²) in [5, 5.41) is 6.74. The van der Waals surface area contributed by atoms with Crippen molar-refractivity contribution in [3.8, 4) is 0 Å². The van der Waals surface area contributed by atoms with Gasteiger partial charge in [0.2, 0.25) is 5.91 Å². The van der Waals surface area contributed by atoms with Crippen LogP contribution in [-0.2, 0) is 14.8 Å². The summed E-state index contributed by atoms with van der Waals surface area (Å²) in [6, 6.07) is 2.90. The second kappa shape index (κ2) is 7.90. The minimum absolute atomic E-state index is 0.0482. The highest BCUT2D eigenvalue weighted by molar-refractivity contribution is 7.91. The molecular weight excluding hydrogens is 408 g/mol. The lowest BCUT2D eigenvalue weighted by Crippen LogP contribution is -2.52. The molecule has 0 saturated carbocycles. The molecule has 27 heavy (non-hydrogen) atoms. The van der Waals surface area contributed by atoms with E-state index in [2.05, 4.69) is 5.10 Å². The third kappa shape index (κ3) is 3.78. The Hall–Kier alpha value is -1.42. The number of halogens is 1. The minimum atomic E-state index is -3.48. The molecule has 0 bridgehead atoms. The zero-order chi connectivity index (χ0) is 19.8. The van der Waals surface area contributed by atoms with E-state index in [1.807, 2.05) is 20.8 Å². The third-order valence-electron chi connectivity index (χ3n) is 4.84. The molecule has 2 aromatic rings. The molecule has 0 spiro atoms. The van der Waals surface area contributed by atoms with Gasteiger partial charge in [-0.15, -0.1) is 11.3 Å². The number of amides is 1. The van der Waals surface area contributed by atoms with E-state index in [0.717, 1.165) is 5.69 Å². The van der Waals surface area contributed by atoms with Crippen molar-refractivity contribution in [3.63, 3.8) is 0 Å². The molecule has 1 fully saturated rings. The van der Waals surface area contributed by atoms with Gasteiger partial charge in [-0.1, -0.05) is 24.6 Å². The Morgan fingerprint density at radius 3 is 2.44 bits per heavy atom. The monoisotopic (exact) mass is 430 g/mol. The largest absolute Gasteiger partial charge is 0.338 e. The van der Waals surface area contributed by atoms with Crippen LogP contribution in [0.4, 0.5) is 0 Å². The van der Waals surface area contributed by atoms with Crippen LogP contribution in [0.2, 0.25) is 5.02 Å². The van der Waals surface area contributed by atoms with E-state index in [1.165, 1.54) is 15.6 Å². The average molecular weight is 431 g/mol. The molecule has 148 valence electrons. The number of nitrogens with zero attached hydrogens (tertiary/aromatic N) is 4. The first-order valence-electron chi connectivity index (χ1n) is 8.81. The van der Waals surface area contributed by atoms with E-state index in [9.17, 15) is 13.2 Å². The summed E-state index contributed by atoms with van der Waals surface area (Å²) in [6.45, 7) is 6.92. The third-order valence-corrected chi connectivity index (χ3v) is 8.66. The SMILES string of the molecule is CCC(C(=O)N1CCN(S(=O)(=O)c2cccs2)CC1)n1nc(C)c(Cl)c1C. The predicted molar refractivity (Wildman–Crippen MR) is 106 cm³/mol. The normalized spacial score (nSPS) is 17.3. The number of carbonyl (C=O) groups is 1. The highest BCUT2D eigenvalue weighted by Crippen LogP contribution is 2.26. The van der Waals surface area contributed by atoms with Crippen LogP contribution in [-0.4, -0.2) is 59.5 Å². The Bertz CT molecular complexity index is 916. The van der Waals surface area contributed by atoms with Gasteiger partial charge in [-0.05, 0) is 31.7 Å². The number of thiophene rings is 1. The summed E-state index contributed by atoms with van der Waals surface area (Å²) in [5.74, 6) is -0.0482. The number of aromatic nitrogens is 2. The quantitative estimate of drug-likeness (QED) is 0.730. The zero-order valence-electron chi connectivity index (χ0n) is 15.6. The molecule has 1 saturated heterocycles. The Morgan fingerprint density at radius 2 is 1.96 bits per heavy atom. The number of piperazine rings is 1. The summed E-state index contributed by atoms with van der Waals surface area (Å²) < 4.78 is 28.7. The van der Waals surface area contributed by atoms with Gasteiger partial charge in [0.15, 0.2) is 0 Å². The predicted octanol–water partition coefficient (Wildman–Crippen LogP) is 2.70. The molecule has 0 radical (unpaired) electrons. The van der Waals surface area contributed by atoms with E-state index >= 15 is 0 Å². The standard InChI is InChI=1S/C17H23ClN4O3S2/c1-4-14(22-13(3)16(18)12(2)19-22)17(23)20-7-9-21(10-8-20)27(24,25)15-6-5-11-26-15/h5-6,11,14H,4,7-10H2,1-3H3.